The molecule has 0 spiro atoms. The molecule has 1 aromatic rings. The van der Waals surface area contributed by atoms with Crippen LogP contribution in [0, 0.1) is 0 Å². The van der Waals surface area contributed by atoms with Crippen LogP contribution in [0.5, 0.6) is 5.75 Å². The number of fused-ring (bicyclic) bond motifs is 1. The average molecular weight is 234 g/mol. The molecule has 0 radical (unpaired) electrons. The van der Waals surface area contributed by atoms with E-state index in [9.17, 15) is 0 Å². The smallest absolute Gasteiger partial charge is 0.209 e. The van der Waals surface area contributed by atoms with Crippen molar-refractivity contribution in [1.82, 2.24) is 0 Å². The number of β-amino-alcohol motifs (C(OH)–C–C–N with tert-alkyl or cyclic N) is 1. The van der Waals surface area contributed by atoms with Crippen molar-refractivity contribution in [2.24, 2.45) is 0 Å². The predicted octanol–water partition coefficient (Wildman–Crippen LogP) is 2.08. The molecular weight excluding hydrogens is 214 g/mol. The Balaban J connectivity index is 2.58. The largest absolute Gasteiger partial charge is 0.497 e. The summed E-state index contributed by atoms with van der Waals surface area (Å²) in [7, 11) is 1.69. The first-order chi connectivity index (χ1) is 8.02. The molecule has 0 amide bonds. The minimum Gasteiger partial charge on any atom is -0.497 e. The molecular formula is C14H20NO2+. The van der Waals surface area contributed by atoms with Crippen molar-refractivity contribution in [3.05, 3.63) is 23.8 Å². The SMILES string of the molecule is COc1ccc2c(c1)C(C)(C)C(C)=[N+]2CCO. The van der Waals surface area contributed by atoms with E-state index in [4.69, 9.17) is 9.84 Å². The third-order valence-electron chi connectivity index (χ3n) is 3.80. The number of hydrogen-bond acceptors (Lipinski definition) is 2. The number of aliphatic hydroxyl groups is 1. The van der Waals surface area contributed by atoms with E-state index in [0.29, 0.717) is 6.54 Å². The molecule has 1 aliphatic heterocycles. The van der Waals surface area contributed by atoms with E-state index in [0.717, 1.165) is 5.75 Å². The van der Waals surface area contributed by atoms with Gasteiger partial charge in [-0.15, -0.1) is 0 Å². The van der Waals surface area contributed by atoms with Crippen molar-refractivity contribution >= 4 is 11.4 Å². The zero-order valence-electron chi connectivity index (χ0n) is 10.9. The van der Waals surface area contributed by atoms with Crippen molar-refractivity contribution in [2.75, 3.05) is 20.3 Å². The lowest BCUT2D eigenvalue weighted by Crippen LogP contribution is -2.27. The summed E-state index contributed by atoms with van der Waals surface area (Å²) in [6.45, 7) is 7.35. The van der Waals surface area contributed by atoms with Gasteiger partial charge in [0.2, 0.25) is 5.69 Å². The summed E-state index contributed by atoms with van der Waals surface area (Å²) in [5.41, 5.74) is 3.72. The van der Waals surface area contributed by atoms with Crippen LogP contribution in [-0.2, 0) is 5.41 Å². The lowest BCUT2D eigenvalue weighted by Gasteiger charge is -2.15. The maximum Gasteiger partial charge on any atom is 0.209 e. The first-order valence-electron chi connectivity index (χ1n) is 5.93. The fourth-order valence-corrected chi connectivity index (χ4v) is 2.48. The standard InChI is InChI=1S/C14H20NO2/c1-10-14(2,3)12-9-11(17-4)5-6-13(12)15(10)7-8-16/h5-6,9,16H,7-8H2,1-4H3/q+1. The topological polar surface area (TPSA) is 32.5 Å². The van der Waals surface area contributed by atoms with E-state index in [1.807, 2.05) is 6.07 Å². The number of methoxy groups -OCH3 is 1. The minimum absolute atomic E-state index is 0.000949. The number of hydrogen-bond donors (Lipinski definition) is 1. The van der Waals surface area contributed by atoms with Gasteiger partial charge in [0.1, 0.15) is 12.4 Å². The van der Waals surface area contributed by atoms with Crippen LogP contribution in [0.4, 0.5) is 5.69 Å². The fraction of sp³-hybridized carbons (Fsp3) is 0.500. The molecule has 92 valence electrons. The van der Waals surface area contributed by atoms with Crippen molar-refractivity contribution in [1.29, 1.82) is 0 Å². The van der Waals surface area contributed by atoms with Gasteiger partial charge in [0.15, 0.2) is 12.3 Å². The van der Waals surface area contributed by atoms with Crippen molar-refractivity contribution < 1.29 is 14.4 Å². The first kappa shape index (κ1) is 12.1. The van der Waals surface area contributed by atoms with Gasteiger partial charge in [-0.1, -0.05) is 0 Å². The molecule has 3 nitrogen and oxygen atoms in total. The molecule has 0 atom stereocenters. The van der Waals surface area contributed by atoms with Crippen LogP contribution in [0.2, 0.25) is 0 Å². The van der Waals surface area contributed by atoms with Gasteiger partial charge in [0.25, 0.3) is 0 Å². The van der Waals surface area contributed by atoms with Crippen LogP contribution >= 0.6 is 0 Å². The second-order valence-electron chi connectivity index (χ2n) is 4.97. The summed E-state index contributed by atoms with van der Waals surface area (Å²) in [4.78, 5) is 0. The molecule has 0 bridgehead atoms. The van der Waals surface area contributed by atoms with Crippen LogP contribution in [0.3, 0.4) is 0 Å². The summed E-state index contributed by atoms with van der Waals surface area (Å²) in [6.07, 6.45) is 0. The van der Waals surface area contributed by atoms with Crippen molar-refractivity contribution in [2.45, 2.75) is 26.2 Å². The Hall–Kier alpha value is -1.35. The Morgan fingerprint density at radius 2 is 2.06 bits per heavy atom. The van der Waals surface area contributed by atoms with E-state index in [2.05, 4.69) is 37.5 Å². The first-order valence-corrected chi connectivity index (χ1v) is 5.93. The molecule has 17 heavy (non-hydrogen) atoms. The van der Waals surface area contributed by atoms with Gasteiger partial charge in [-0.2, -0.15) is 4.58 Å². The highest BCUT2D eigenvalue weighted by atomic mass is 16.5. The summed E-state index contributed by atoms with van der Waals surface area (Å²) < 4.78 is 7.48. The Morgan fingerprint density at radius 1 is 1.35 bits per heavy atom. The third-order valence-corrected chi connectivity index (χ3v) is 3.80. The highest BCUT2D eigenvalue weighted by Crippen LogP contribution is 2.41. The number of aliphatic hydroxyl groups excluding tert-OH is 1. The Bertz CT molecular complexity index is 475. The number of benzene rings is 1. The molecule has 3 heteroatoms. The zero-order valence-corrected chi connectivity index (χ0v) is 10.9. The minimum atomic E-state index is -0.000949. The number of nitrogens with zero attached hydrogens (tertiary/aromatic N) is 1. The average Bonchev–Trinajstić information content (AvgIpc) is 2.51. The second-order valence-corrected chi connectivity index (χ2v) is 4.97. The summed E-state index contributed by atoms with van der Waals surface area (Å²) in [6, 6.07) is 6.14. The van der Waals surface area contributed by atoms with Gasteiger partial charge >= 0.3 is 0 Å². The molecule has 1 heterocycles. The number of rotatable bonds is 3. The van der Waals surface area contributed by atoms with Gasteiger partial charge < -0.3 is 9.84 Å². The summed E-state index contributed by atoms with van der Waals surface area (Å²) >= 11 is 0. The Labute approximate surface area is 102 Å². The van der Waals surface area contributed by atoms with Crippen LogP contribution in [0.1, 0.15) is 26.3 Å². The lowest BCUT2D eigenvalue weighted by atomic mass is 9.82. The molecule has 0 saturated carbocycles. The van der Waals surface area contributed by atoms with E-state index >= 15 is 0 Å². The monoisotopic (exact) mass is 234 g/mol. The molecule has 1 aliphatic rings. The predicted molar refractivity (Wildman–Crippen MR) is 68.6 cm³/mol. The van der Waals surface area contributed by atoms with Gasteiger partial charge in [0, 0.05) is 18.6 Å². The Morgan fingerprint density at radius 3 is 2.65 bits per heavy atom. The highest BCUT2D eigenvalue weighted by molar-refractivity contribution is 5.93. The zero-order chi connectivity index (χ0) is 12.6. The van der Waals surface area contributed by atoms with E-state index in [-0.39, 0.29) is 12.0 Å². The Kier molecular flexibility index (Phi) is 2.96. The lowest BCUT2D eigenvalue weighted by molar-refractivity contribution is -0.442. The maximum atomic E-state index is 9.16. The normalized spacial score (nSPS) is 17.2. The fourth-order valence-electron chi connectivity index (χ4n) is 2.48. The summed E-state index contributed by atoms with van der Waals surface area (Å²) in [5.74, 6) is 0.885. The van der Waals surface area contributed by atoms with Crippen LogP contribution in [-0.4, -0.2) is 35.7 Å². The van der Waals surface area contributed by atoms with Gasteiger partial charge in [-0.25, -0.2) is 0 Å². The molecule has 1 aromatic carbocycles. The third kappa shape index (κ3) is 1.75. The molecule has 2 rings (SSSR count). The number of ether oxygens (including phenoxy) is 1. The van der Waals surface area contributed by atoms with E-state index in [1.165, 1.54) is 17.0 Å². The van der Waals surface area contributed by atoms with Crippen molar-refractivity contribution in [3.8, 4) is 5.75 Å². The van der Waals surface area contributed by atoms with Crippen LogP contribution in [0.15, 0.2) is 18.2 Å². The highest BCUT2D eigenvalue weighted by Gasteiger charge is 2.42. The second kappa shape index (κ2) is 4.15. The molecule has 0 unspecified atom stereocenters. The molecule has 1 N–H and O–H groups in total. The van der Waals surface area contributed by atoms with Crippen molar-refractivity contribution in [3.63, 3.8) is 0 Å². The van der Waals surface area contributed by atoms with Gasteiger partial charge in [0.05, 0.1) is 12.5 Å². The van der Waals surface area contributed by atoms with Gasteiger partial charge in [-0.05, 0) is 26.0 Å². The van der Waals surface area contributed by atoms with Crippen LogP contribution < -0.4 is 4.74 Å². The molecule has 0 saturated heterocycles. The molecule has 0 aliphatic carbocycles. The van der Waals surface area contributed by atoms with E-state index in [1.54, 1.807) is 7.11 Å². The van der Waals surface area contributed by atoms with Crippen LogP contribution in [0.25, 0.3) is 0 Å². The van der Waals surface area contributed by atoms with Gasteiger partial charge in [-0.3, -0.25) is 0 Å². The quantitative estimate of drug-likeness (QED) is 0.812. The van der Waals surface area contributed by atoms with E-state index < -0.39 is 0 Å². The molecule has 0 fully saturated rings. The molecule has 0 aromatic heterocycles. The maximum absolute atomic E-state index is 9.16. The summed E-state index contributed by atoms with van der Waals surface area (Å²) in [5, 5.41) is 9.16.